The molecule has 1 aliphatic carbocycles. The van der Waals surface area contributed by atoms with Gasteiger partial charge in [-0.25, -0.2) is 0 Å². The maximum atomic E-state index is 13.3. The molecule has 0 heterocycles. The predicted octanol–water partition coefficient (Wildman–Crippen LogP) is 6.49. The first-order valence-corrected chi connectivity index (χ1v) is 10.3. The number of hydrogen-bond acceptors (Lipinski definition) is 2. The van der Waals surface area contributed by atoms with E-state index in [1.807, 2.05) is 26.0 Å². The standard InChI is InChI=1S/C25H32O2/c1-4-24(2,3)23(26)27-25(20-14-8-5-9-15-20,21-16-10-6-11-17-21)22-18-12-7-13-19-22/h5-6,8-11,14-17,22H,4,7,12-13,18-19H2,1-3H3. The molecule has 1 aliphatic rings. The largest absolute Gasteiger partial charge is 0.449 e. The first-order valence-electron chi connectivity index (χ1n) is 10.3. The molecular weight excluding hydrogens is 332 g/mol. The fraction of sp³-hybridized carbons (Fsp3) is 0.480. The van der Waals surface area contributed by atoms with E-state index in [9.17, 15) is 4.79 Å². The maximum absolute atomic E-state index is 13.3. The summed E-state index contributed by atoms with van der Waals surface area (Å²) >= 11 is 0. The van der Waals surface area contributed by atoms with Crippen LogP contribution in [0.4, 0.5) is 0 Å². The number of benzene rings is 2. The van der Waals surface area contributed by atoms with Gasteiger partial charge in [0.1, 0.15) is 0 Å². The van der Waals surface area contributed by atoms with Crippen molar-refractivity contribution in [1.29, 1.82) is 0 Å². The van der Waals surface area contributed by atoms with E-state index in [2.05, 4.69) is 55.5 Å². The van der Waals surface area contributed by atoms with Gasteiger partial charge in [0.25, 0.3) is 0 Å². The Kier molecular flexibility index (Phi) is 6.04. The molecule has 1 fully saturated rings. The highest BCUT2D eigenvalue weighted by atomic mass is 16.6. The molecule has 0 atom stereocenters. The second-order valence-electron chi connectivity index (χ2n) is 8.43. The highest BCUT2D eigenvalue weighted by Gasteiger charge is 2.47. The zero-order valence-electron chi connectivity index (χ0n) is 16.9. The molecule has 0 amide bonds. The van der Waals surface area contributed by atoms with Crippen LogP contribution < -0.4 is 0 Å². The van der Waals surface area contributed by atoms with E-state index in [-0.39, 0.29) is 5.97 Å². The molecule has 0 radical (unpaired) electrons. The minimum atomic E-state index is -0.716. The number of rotatable bonds is 6. The van der Waals surface area contributed by atoms with Crippen LogP contribution in [0, 0.1) is 11.3 Å². The third-order valence-corrected chi connectivity index (χ3v) is 6.28. The van der Waals surface area contributed by atoms with Crippen molar-refractivity contribution in [3.8, 4) is 0 Å². The first-order chi connectivity index (χ1) is 13.0. The van der Waals surface area contributed by atoms with Crippen LogP contribution in [-0.4, -0.2) is 5.97 Å². The third-order valence-electron chi connectivity index (χ3n) is 6.28. The van der Waals surface area contributed by atoms with E-state index in [1.54, 1.807) is 0 Å². The smallest absolute Gasteiger partial charge is 0.312 e. The van der Waals surface area contributed by atoms with Crippen molar-refractivity contribution in [3.63, 3.8) is 0 Å². The van der Waals surface area contributed by atoms with Crippen molar-refractivity contribution < 1.29 is 9.53 Å². The summed E-state index contributed by atoms with van der Waals surface area (Å²) in [5.41, 5.74) is 0.961. The molecule has 2 aromatic carbocycles. The van der Waals surface area contributed by atoms with Crippen LogP contribution in [0.1, 0.15) is 70.4 Å². The van der Waals surface area contributed by atoms with Crippen molar-refractivity contribution >= 4 is 5.97 Å². The van der Waals surface area contributed by atoms with Crippen LogP contribution in [0.2, 0.25) is 0 Å². The van der Waals surface area contributed by atoms with Crippen LogP contribution in [0.15, 0.2) is 60.7 Å². The van der Waals surface area contributed by atoms with E-state index >= 15 is 0 Å². The Morgan fingerprint density at radius 2 is 1.37 bits per heavy atom. The Labute approximate surface area is 164 Å². The van der Waals surface area contributed by atoms with E-state index < -0.39 is 11.0 Å². The summed E-state index contributed by atoms with van der Waals surface area (Å²) in [6.07, 6.45) is 6.59. The molecule has 1 saturated carbocycles. The minimum Gasteiger partial charge on any atom is -0.449 e. The highest BCUT2D eigenvalue weighted by molar-refractivity contribution is 5.77. The SMILES string of the molecule is CCC(C)(C)C(=O)OC(c1ccccc1)(c1ccccc1)C1CCCCC1. The van der Waals surface area contributed by atoms with Gasteiger partial charge >= 0.3 is 5.97 Å². The molecule has 144 valence electrons. The molecule has 0 spiro atoms. The fourth-order valence-electron chi connectivity index (χ4n) is 4.15. The quantitative estimate of drug-likeness (QED) is 0.548. The minimum absolute atomic E-state index is 0.108. The van der Waals surface area contributed by atoms with Crippen molar-refractivity contribution in [1.82, 2.24) is 0 Å². The van der Waals surface area contributed by atoms with Crippen LogP contribution in [0.3, 0.4) is 0 Å². The number of carbonyl (C=O) groups excluding carboxylic acids is 1. The Bertz CT molecular complexity index is 688. The average Bonchev–Trinajstić information content (AvgIpc) is 2.73. The Morgan fingerprint density at radius 1 is 0.889 bits per heavy atom. The van der Waals surface area contributed by atoms with Crippen LogP contribution in [0.25, 0.3) is 0 Å². The van der Waals surface area contributed by atoms with Crippen LogP contribution >= 0.6 is 0 Å². The van der Waals surface area contributed by atoms with Crippen LogP contribution in [0.5, 0.6) is 0 Å². The van der Waals surface area contributed by atoms with Gasteiger partial charge in [-0.2, -0.15) is 0 Å². The van der Waals surface area contributed by atoms with Gasteiger partial charge in [0.2, 0.25) is 0 Å². The molecule has 2 nitrogen and oxygen atoms in total. The van der Waals surface area contributed by atoms with E-state index in [0.717, 1.165) is 30.4 Å². The van der Waals surface area contributed by atoms with E-state index in [0.29, 0.717) is 5.92 Å². The molecule has 0 aromatic heterocycles. The average molecular weight is 365 g/mol. The van der Waals surface area contributed by atoms with Gasteiger partial charge < -0.3 is 4.74 Å². The summed E-state index contributed by atoms with van der Waals surface area (Å²) in [4.78, 5) is 13.3. The van der Waals surface area contributed by atoms with Gasteiger partial charge in [0, 0.05) is 17.0 Å². The molecular formula is C25H32O2. The molecule has 3 rings (SSSR count). The van der Waals surface area contributed by atoms with Crippen molar-refractivity contribution in [2.75, 3.05) is 0 Å². The monoisotopic (exact) mass is 364 g/mol. The first kappa shape index (κ1) is 19.7. The van der Waals surface area contributed by atoms with Gasteiger partial charge in [0.15, 0.2) is 5.60 Å². The molecule has 2 heteroatoms. The molecule has 2 aromatic rings. The summed E-state index contributed by atoms with van der Waals surface area (Å²) in [6, 6.07) is 20.7. The number of esters is 1. The lowest BCUT2D eigenvalue weighted by Gasteiger charge is -2.44. The van der Waals surface area contributed by atoms with Crippen molar-refractivity contribution in [2.45, 2.75) is 64.9 Å². The third kappa shape index (κ3) is 3.95. The van der Waals surface area contributed by atoms with Gasteiger partial charge in [-0.05, 0) is 33.1 Å². The lowest BCUT2D eigenvalue weighted by atomic mass is 9.69. The predicted molar refractivity (Wildman–Crippen MR) is 110 cm³/mol. The summed E-state index contributed by atoms with van der Waals surface area (Å²) in [5.74, 6) is 0.191. The molecule has 0 N–H and O–H groups in total. The lowest BCUT2D eigenvalue weighted by molar-refractivity contribution is -0.175. The van der Waals surface area contributed by atoms with Crippen molar-refractivity contribution in [3.05, 3.63) is 71.8 Å². The Hall–Kier alpha value is -2.09. The zero-order chi connectivity index (χ0) is 19.3. The molecule has 27 heavy (non-hydrogen) atoms. The Morgan fingerprint density at radius 3 is 1.81 bits per heavy atom. The summed E-state index contributed by atoms with van der Waals surface area (Å²) in [6.45, 7) is 6.02. The summed E-state index contributed by atoms with van der Waals surface area (Å²) in [5, 5.41) is 0. The molecule has 0 saturated heterocycles. The van der Waals surface area contributed by atoms with Crippen molar-refractivity contribution in [2.24, 2.45) is 11.3 Å². The Balaban J connectivity index is 2.17. The van der Waals surface area contributed by atoms with E-state index in [1.165, 1.54) is 19.3 Å². The van der Waals surface area contributed by atoms with Gasteiger partial charge in [-0.3, -0.25) is 4.79 Å². The summed E-state index contributed by atoms with van der Waals surface area (Å²) in [7, 11) is 0. The van der Waals surface area contributed by atoms with Gasteiger partial charge in [-0.15, -0.1) is 0 Å². The molecule has 0 aliphatic heterocycles. The number of ether oxygens (including phenoxy) is 1. The van der Waals surface area contributed by atoms with E-state index in [4.69, 9.17) is 4.74 Å². The zero-order valence-corrected chi connectivity index (χ0v) is 16.9. The van der Waals surface area contributed by atoms with Crippen LogP contribution in [-0.2, 0) is 15.1 Å². The van der Waals surface area contributed by atoms with Gasteiger partial charge in [0.05, 0.1) is 5.41 Å². The fourth-order valence-corrected chi connectivity index (χ4v) is 4.15. The second kappa shape index (κ2) is 8.29. The maximum Gasteiger partial charge on any atom is 0.312 e. The summed E-state index contributed by atoms with van der Waals surface area (Å²) < 4.78 is 6.57. The number of hydrogen-bond donors (Lipinski definition) is 0. The highest BCUT2D eigenvalue weighted by Crippen LogP contribution is 2.48. The molecule has 0 unspecified atom stereocenters. The second-order valence-corrected chi connectivity index (χ2v) is 8.43. The topological polar surface area (TPSA) is 26.3 Å². The number of carbonyl (C=O) groups is 1. The normalized spacial score (nSPS) is 16.1. The molecule has 0 bridgehead atoms. The lowest BCUT2D eigenvalue weighted by Crippen LogP contribution is -2.45. The van der Waals surface area contributed by atoms with Gasteiger partial charge in [-0.1, -0.05) is 86.8 Å².